The third kappa shape index (κ3) is 3.85. The number of fused-ring (bicyclic) bond motifs is 1. The van der Waals surface area contributed by atoms with Gasteiger partial charge in [-0.3, -0.25) is 19.7 Å². The van der Waals surface area contributed by atoms with Crippen LogP contribution in [0.25, 0.3) is 0 Å². The molecule has 2 aromatic carbocycles. The monoisotopic (exact) mass is 389 g/mol. The summed E-state index contributed by atoms with van der Waals surface area (Å²) >= 11 is 5.76. The number of hydrogen-bond acceptors (Lipinski definition) is 5. The molecular formula is C18H16ClN3O5. The molecule has 8 nitrogen and oxygen atoms in total. The molecule has 2 N–H and O–H groups in total. The van der Waals surface area contributed by atoms with Crippen molar-refractivity contribution in [2.45, 2.75) is 13.8 Å². The number of halogens is 1. The molecule has 0 spiro atoms. The maximum absolute atomic E-state index is 12.4. The van der Waals surface area contributed by atoms with Crippen LogP contribution in [0.3, 0.4) is 0 Å². The second-order valence-electron chi connectivity index (χ2n) is 6.72. The van der Waals surface area contributed by atoms with Gasteiger partial charge in [-0.1, -0.05) is 11.6 Å². The zero-order valence-corrected chi connectivity index (χ0v) is 15.3. The van der Waals surface area contributed by atoms with Gasteiger partial charge in [0, 0.05) is 17.3 Å². The fourth-order valence-corrected chi connectivity index (χ4v) is 2.63. The van der Waals surface area contributed by atoms with E-state index >= 15 is 0 Å². The molecule has 1 aliphatic heterocycles. The molecule has 0 aliphatic carbocycles. The molecule has 27 heavy (non-hydrogen) atoms. The highest BCUT2D eigenvalue weighted by atomic mass is 35.5. The van der Waals surface area contributed by atoms with Crippen molar-refractivity contribution in [1.29, 1.82) is 0 Å². The number of ether oxygens (including phenoxy) is 1. The van der Waals surface area contributed by atoms with E-state index in [9.17, 15) is 19.7 Å². The molecule has 0 bridgehead atoms. The highest BCUT2D eigenvalue weighted by Crippen LogP contribution is 2.34. The standard InChI is InChI=1S/C18H16ClN3O5/c1-18(2)9-27-15-6-4-11(8-13(15)21-17(18)24)20-16(23)10-3-5-12(19)14(7-10)22(25)26/h3-8H,9H2,1-2H3,(H,20,23)(H,21,24). The quantitative estimate of drug-likeness (QED) is 0.611. The van der Waals surface area contributed by atoms with E-state index in [0.29, 0.717) is 17.1 Å². The molecule has 1 heterocycles. The molecule has 0 saturated heterocycles. The van der Waals surface area contributed by atoms with Gasteiger partial charge in [0.1, 0.15) is 17.4 Å². The van der Waals surface area contributed by atoms with Crippen LogP contribution in [0.15, 0.2) is 36.4 Å². The minimum Gasteiger partial charge on any atom is -0.490 e. The highest BCUT2D eigenvalue weighted by Gasteiger charge is 2.32. The summed E-state index contributed by atoms with van der Waals surface area (Å²) in [7, 11) is 0. The lowest BCUT2D eigenvalue weighted by Gasteiger charge is -2.18. The predicted molar refractivity (Wildman–Crippen MR) is 100 cm³/mol. The van der Waals surface area contributed by atoms with Crippen LogP contribution in [0, 0.1) is 15.5 Å². The van der Waals surface area contributed by atoms with Gasteiger partial charge >= 0.3 is 0 Å². The average Bonchev–Trinajstić information content (AvgIpc) is 2.71. The minimum atomic E-state index is -0.690. The Hall–Kier alpha value is -3.13. The van der Waals surface area contributed by atoms with Crippen LogP contribution in [0.2, 0.25) is 5.02 Å². The Morgan fingerprint density at radius 3 is 2.74 bits per heavy atom. The van der Waals surface area contributed by atoms with Gasteiger partial charge in [-0.2, -0.15) is 0 Å². The van der Waals surface area contributed by atoms with Crippen molar-refractivity contribution in [3.8, 4) is 5.75 Å². The lowest BCUT2D eigenvalue weighted by molar-refractivity contribution is -0.384. The van der Waals surface area contributed by atoms with E-state index < -0.39 is 16.2 Å². The molecule has 0 fully saturated rings. The molecule has 0 radical (unpaired) electrons. The van der Waals surface area contributed by atoms with Crippen molar-refractivity contribution in [2.24, 2.45) is 5.41 Å². The van der Waals surface area contributed by atoms with E-state index in [-0.39, 0.29) is 28.8 Å². The Morgan fingerprint density at radius 1 is 1.30 bits per heavy atom. The van der Waals surface area contributed by atoms with Gasteiger partial charge in [-0.05, 0) is 44.2 Å². The van der Waals surface area contributed by atoms with E-state index in [2.05, 4.69) is 10.6 Å². The zero-order chi connectivity index (χ0) is 19.8. The molecule has 0 unspecified atom stereocenters. The third-order valence-electron chi connectivity index (χ3n) is 4.09. The van der Waals surface area contributed by atoms with E-state index in [1.54, 1.807) is 32.0 Å². The maximum atomic E-state index is 12.4. The number of hydrogen-bond donors (Lipinski definition) is 2. The lowest BCUT2D eigenvalue weighted by Crippen LogP contribution is -2.33. The topological polar surface area (TPSA) is 111 Å². The van der Waals surface area contributed by atoms with Crippen molar-refractivity contribution in [2.75, 3.05) is 17.2 Å². The summed E-state index contributed by atoms with van der Waals surface area (Å²) in [5.74, 6) is -0.247. The lowest BCUT2D eigenvalue weighted by atomic mass is 9.94. The number of nitrogens with zero attached hydrogens (tertiary/aromatic N) is 1. The number of amides is 2. The van der Waals surface area contributed by atoms with Crippen LogP contribution in [-0.2, 0) is 4.79 Å². The van der Waals surface area contributed by atoms with Gasteiger partial charge in [0.05, 0.1) is 16.0 Å². The Bertz CT molecular complexity index is 958. The smallest absolute Gasteiger partial charge is 0.288 e. The van der Waals surface area contributed by atoms with Crippen LogP contribution in [0.1, 0.15) is 24.2 Å². The van der Waals surface area contributed by atoms with E-state index in [1.165, 1.54) is 12.1 Å². The molecule has 0 atom stereocenters. The summed E-state index contributed by atoms with van der Waals surface area (Å²) in [4.78, 5) is 35.0. The van der Waals surface area contributed by atoms with Gasteiger partial charge in [-0.25, -0.2) is 0 Å². The van der Waals surface area contributed by atoms with Gasteiger partial charge in [-0.15, -0.1) is 0 Å². The molecule has 9 heteroatoms. The Morgan fingerprint density at radius 2 is 2.04 bits per heavy atom. The van der Waals surface area contributed by atoms with Crippen molar-refractivity contribution >= 4 is 40.5 Å². The fraction of sp³-hybridized carbons (Fsp3) is 0.222. The number of nitro benzene ring substituents is 1. The molecule has 0 aromatic heterocycles. The largest absolute Gasteiger partial charge is 0.490 e. The van der Waals surface area contributed by atoms with Crippen LogP contribution < -0.4 is 15.4 Å². The molecule has 140 valence electrons. The summed E-state index contributed by atoms with van der Waals surface area (Å²) in [5, 5.41) is 16.3. The third-order valence-corrected chi connectivity index (χ3v) is 4.41. The average molecular weight is 390 g/mol. The van der Waals surface area contributed by atoms with Crippen LogP contribution in [0.4, 0.5) is 17.1 Å². The number of nitrogens with one attached hydrogen (secondary N) is 2. The highest BCUT2D eigenvalue weighted by molar-refractivity contribution is 6.32. The van der Waals surface area contributed by atoms with E-state index in [4.69, 9.17) is 16.3 Å². The Labute approximate surface area is 159 Å². The summed E-state index contributed by atoms with van der Waals surface area (Å²) in [6.45, 7) is 3.76. The second kappa shape index (κ2) is 6.88. The first-order valence-corrected chi connectivity index (χ1v) is 8.39. The van der Waals surface area contributed by atoms with Gasteiger partial charge in [0.25, 0.3) is 11.6 Å². The fourth-order valence-electron chi connectivity index (χ4n) is 2.44. The SMILES string of the molecule is CC1(C)COc2ccc(NC(=O)c3ccc(Cl)c([N+](=O)[O-])c3)cc2NC1=O. The van der Waals surface area contributed by atoms with Crippen LogP contribution >= 0.6 is 11.6 Å². The van der Waals surface area contributed by atoms with Crippen molar-refractivity contribution in [3.63, 3.8) is 0 Å². The van der Waals surface area contributed by atoms with E-state index in [1.807, 2.05) is 0 Å². The normalized spacial score (nSPS) is 15.0. The molecule has 2 aromatic rings. The van der Waals surface area contributed by atoms with Crippen LogP contribution in [0.5, 0.6) is 5.75 Å². The number of rotatable bonds is 3. The Balaban J connectivity index is 1.83. The first-order valence-electron chi connectivity index (χ1n) is 8.01. The summed E-state index contributed by atoms with van der Waals surface area (Å²) in [6, 6.07) is 8.61. The molecular weight excluding hydrogens is 374 g/mol. The maximum Gasteiger partial charge on any atom is 0.288 e. The van der Waals surface area contributed by atoms with Gasteiger partial charge in [0.15, 0.2) is 0 Å². The number of nitro groups is 1. The number of benzene rings is 2. The van der Waals surface area contributed by atoms with Gasteiger partial charge < -0.3 is 15.4 Å². The van der Waals surface area contributed by atoms with Crippen molar-refractivity contribution < 1.29 is 19.2 Å². The van der Waals surface area contributed by atoms with Crippen LogP contribution in [-0.4, -0.2) is 23.3 Å². The van der Waals surface area contributed by atoms with Crippen molar-refractivity contribution in [1.82, 2.24) is 0 Å². The zero-order valence-electron chi connectivity index (χ0n) is 14.5. The Kier molecular flexibility index (Phi) is 4.75. The number of carbonyl (C=O) groups is 2. The van der Waals surface area contributed by atoms with E-state index in [0.717, 1.165) is 6.07 Å². The number of anilines is 2. The summed E-state index contributed by atoms with van der Waals surface area (Å²) in [6.07, 6.45) is 0. The summed E-state index contributed by atoms with van der Waals surface area (Å²) in [5.41, 5.74) is -0.118. The molecule has 2 amide bonds. The minimum absolute atomic E-state index is 0.0518. The first-order chi connectivity index (χ1) is 12.7. The molecule has 0 saturated carbocycles. The second-order valence-corrected chi connectivity index (χ2v) is 7.12. The van der Waals surface area contributed by atoms with Gasteiger partial charge in [0.2, 0.25) is 5.91 Å². The molecule has 3 rings (SSSR count). The predicted octanol–water partition coefficient (Wildman–Crippen LogP) is 3.86. The molecule has 1 aliphatic rings. The first kappa shape index (κ1) is 18.7. The number of carbonyl (C=O) groups excluding carboxylic acids is 2. The van der Waals surface area contributed by atoms with Crippen molar-refractivity contribution in [3.05, 3.63) is 57.1 Å². The summed E-state index contributed by atoms with van der Waals surface area (Å²) < 4.78 is 5.65.